The zero-order chi connectivity index (χ0) is 12.1. The van der Waals surface area contributed by atoms with Crippen LogP contribution in [0, 0.1) is 5.41 Å². The monoisotopic (exact) mass is 216 g/mol. The van der Waals surface area contributed by atoms with E-state index >= 15 is 0 Å². The minimum Gasteiger partial charge on any atom is -0.394 e. The summed E-state index contributed by atoms with van der Waals surface area (Å²) >= 11 is 0. The Labute approximate surface area is 92.2 Å². The average molecular weight is 216 g/mol. The number of carbonyl (C=O) groups excluding carboxylic acids is 1. The van der Waals surface area contributed by atoms with E-state index in [1.54, 1.807) is 6.92 Å². The molecule has 0 aromatic carbocycles. The molecule has 0 aromatic heterocycles. The molecule has 2 atom stereocenters. The van der Waals surface area contributed by atoms with Crippen LogP contribution in [0.3, 0.4) is 0 Å². The van der Waals surface area contributed by atoms with Crippen LogP contribution >= 0.6 is 0 Å². The molecule has 0 aliphatic carbocycles. The first-order valence-electron chi connectivity index (χ1n) is 5.40. The van der Waals surface area contributed by atoms with Gasteiger partial charge in [-0.05, 0) is 18.8 Å². The number of hydrogen-bond donors (Lipinski definition) is 3. The Kier molecular flexibility index (Phi) is 5.83. The summed E-state index contributed by atoms with van der Waals surface area (Å²) in [5.74, 6) is -0.0895. The standard InChI is InChI=1S/C11H24N2O2/c1-8(7-14)13-10(15)5-9(12)6-11(2,3)4/h8-9,14H,5-7,12H2,1-4H3,(H,13,15). The molecule has 15 heavy (non-hydrogen) atoms. The molecule has 4 heteroatoms. The summed E-state index contributed by atoms with van der Waals surface area (Å²) < 4.78 is 0. The Morgan fingerprint density at radius 3 is 2.40 bits per heavy atom. The summed E-state index contributed by atoms with van der Waals surface area (Å²) in [4.78, 5) is 11.4. The van der Waals surface area contributed by atoms with Gasteiger partial charge >= 0.3 is 0 Å². The Bertz CT molecular complexity index is 199. The fraction of sp³-hybridized carbons (Fsp3) is 0.909. The smallest absolute Gasteiger partial charge is 0.221 e. The van der Waals surface area contributed by atoms with Gasteiger partial charge in [-0.15, -0.1) is 0 Å². The highest BCUT2D eigenvalue weighted by atomic mass is 16.3. The van der Waals surface area contributed by atoms with Crippen molar-refractivity contribution in [1.82, 2.24) is 5.32 Å². The lowest BCUT2D eigenvalue weighted by atomic mass is 9.87. The summed E-state index contributed by atoms with van der Waals surface area (Å²) in [6.07, 6.45) is 1.13. The normalized spacial score (nSPS) is 15.9. The van der Waals surface area contributed by atoms with Gasteiger partial charge in [0.05, 0.1) is 6.61 Å². The van der Waals surface area contributed by atoms with Gasteiger partial charge in [-0.3, -0.25) is 4.79 Å². The van der Waals surface area contributed by atoms with Gasteiger partial charge in [0.2, 0.25) is 5.91 Å². The first-order chi connectivity index (χ1) is 6.74. The van der Waals surface area contributed by atoms with Gasteiger partial charge in [-0.2, -0.15) is 0 Å². The minimum absolute atomic E-state index is 0.0414. The summed E-state index contributed by atoms with van der Waals surface area (Å²) in [6, 6.07) is -0.310. The molecule has 0 aliphatic heterocycles. The number of carbonyl (C=O) groups is 1. The third kappa shape index (κ3) is 8.39. The average Bonchev–Trinajstić information content (AvgIpc) is 1.99. The van der Waals surface area contributed by atoms with Crippen LogP contribution < -0.4 is 11.1 Å². The fourth-order valence-corrected chi connectivity index (χ4v) is 1.48. The van der Waals surface area contributed by atoms with Gasteiger partial charge in [-0.1, -0.05) is 20.8 Å². The molecular formula is C11H24N2O2. The molecule has 90 valence electrons. The number of amides is 1. The van der Waals surface area contributed by atoms with E-state index in [0.29, 0.717) is 6.42 Å². The van der Waals surface area contributed by atoms with Crippen molar-refractivity contribution in [1.29, 1.82) is 0 Å². The van der Waals surface area contributed by atoms with Crippen LogP contribution in [0.4, 0.5) is 0 Å². The van der Waals surface area contributed by atoms with Crippen LogP contribution in [0.25, 0.3) is 0 Å². The maximum atomic E-state index is 11.4. The minimum atomic E-state index is -0.195. The molecule has 0 saturated heterocycles. The van der Waals surface area contributed by atoms with Crippen molar-refractivity contribution in [2.75, 3.05) is 6.61 Å². The molecule has 4 N–H and O–H groups in total. The lowest BCUT2D eigenvalue weighted by molar-refractivity contribution is -0.122. The van der Waals surface area contributed by atoms with Gasteiger partial charge in [0.15, 0.2) is 0 Å². The second-order valence-corrected chi connectivity index (χ2v) is 5.38. The summed E-state index contributed by atoms with van der Waals surface area (Å²) in [5.41, 5.74) is 6.00. The molecule has 0 aromatic rings. The van der Waals surface area contributed by atoms with Crippen LogP contribution in [-0.4, -0.2) is 29.7 Å². The number of aliphatic hydroxyl groups is 1. The Morgan fingerprint density at radius 1 is 1.47 bits per heavy atom. The summed E-state index contributed by atoms with van der Waals surface area (Å²) in [6.45, 7) is 8.01. The zero-order valence-corrected chi connectivity index (χ0v) is 10.2. The largest absolute Gasteiger partial charge is 0.394 e. The maximum Gasteiger partial charge on any atom is 0.221 e. The van der Waals surface area contributed by atoms with Crippen molar-refractivity contribution in [2.45, 2.75) is 52.6 Å². The van der Waals surface area contributed by atoms with Gasteiger partial charge in [0, 0.05) is 18.5 Å². The number of aliphatic hydroxyl groups excluding tert-OH is 1. The summed E-state index contributed by atoms with van der Waals surface area (Å²) in [7, 11) is 0. The van der Waals surface area contributed by atoms with Crippen molar-refractivity contribution in [2.24, 2.45) is 11.1 Å². The lowest BCUT2D eigenvalue weighted by Crippen LogP contribution is -2.39. The van der Waals surface area contributed by atoms with E-state index in [2.05, 4.69) is 26.1 Å². The van der Waals surface area contributed by atoms with Gasteiger partial charge < -0.3 is 16.2 Å². The Hall–Kier alpha value is -0.610. The summed E-state index contributed by atoms with van der Waals surface area (Å²) in [5, 5.41) is 11.4. The number of nitrogens with two attached hydrogens (primary N) is 1. The van der Waals surface area contributed by atoms with Crippen LogP contribution in [-0.2, 0) is 4.79 Å². The third-order valence-corrected chi connectivity index (χ3v) is 2.00. The van der Waals surface area contributed by atoms with E-state index in [1.807, 2.05) is 0 Å². The van der Waals surface area contributed by atoms with Gasteiger partial charge in [0.25, 0.3) is 0 Å². The number of hydrogen-bond acceptors (Lipinski definition) is 3. The van der Waals surface area contributed by atoms with E-state index in [1.165, 1.54) is 0 Å². The Balaban J connectivity index is 3.87. The predicted molar refractivity (Wildman–Crippen MR) is 61.4 cm³/mol. The van der Waals surface area contributed by atoms with Crippen LogP contribution in [0.15, 0.2) is 0 Å². The van der Waals surface area contributed by atoms with Gasteiger partial charge in [-0.25, -0.2) is 0 Å². The molecule has 0 heterocycles. The molecule has 0 spiro atoms. The molecule has 0 radical (unpaired) electrons. The lowest BCUT2D eigenvalue weighted by Gasteiger charge is -2.23. The van der Waals surface area contributed by atoms with Gasteiger partial charge in [0.1, 0.15) is 0 Å². The predicted octanol–water partition coefficient (Wildman–Crippen LogP) is 0.637. The van der Waals surface area contributed by atoms with E-state index in [-0.39, 0.29) is 30.0 Å². The molecule has 4 nitrogen and oxygen atoms in total. The van der Waals surface area contributed by atoms with Crippen molar-refractivity contribution in [3.05, 3.63) is 0 Å². The van der Waals surface area contributed by atoms with Crippen LogP contribution in [0.5, 0.6) is 0 Å². The second-order valence-electron chi connectivity index (χ2n) is 5.38. The molecule has 0 aliphatic rings. The number of nitrogens with one attached hydrogen (secondary N) is 1. The molecule has 0 fully saturated rings. The van der Waals surface area contributed by atoms with Crippen molar-refractivity contribution in [3.8, 4) is 0 Å². The van der Waals surface area contributed by atoms with Crippen molar-refractivity contribution in [3.63, 3.8) is 0 Å². The molecule has 0 rings (SSSR count). The quantitative estimate of drug-likeness (QED) is 0.631. The highest BCUT2D eigenvalue weighted by molar-refractivity contribution is 5.76. The van der Waals surface area contributed by atoms with Crippen molar-refractivity contribution < 1.29 is 9.90 Å². The SMILES string of the molecule is CC(CO)NC(=O)CC(N)CC(C)(C)C. The Morgan fingerprint density at radius 2 is 2.00 bits per heavy atom. The molecule has 0 saturated carbocycles. The van der Waals surface area contributed by atoms with Crippen LogP contribution in [0.2, 0.25) is 0 Å². The maximum absolute atomic E-state index is 11.4. The van der Waals surface area contributed by atoms with E-state index in [4.69, 9.17) is 10.8 Å². The van der Waals surface area contributed by atoms with Crippen LogP contribution in [0.1, 0.15) is 40.5 Å². The molecule has 1 amide bonds. The molecule has 0 bridgehead atoms. The van der Waals surface area contributed by atoms with Crippen molar-refractivity contribution >= 4 is 5.91 Å². The first-order valence-corrected chi connectivity index (χ1v) is 5.40. The highest BCUT2D eigenvalue weighted by Crippen LogP contribution is 2.20. The fourth-order valence-electron chi connectivity index (χ4n) is 1.48. The third-order valence-electron chi connectivity index (χ3n) is 2.00. The van der Waals surface area contributed by atoms with E-state index in [0.717, 1.165) is 6.42 Å². The second kappa shape index (κ2) is 6.08. The molecule has 2 unspecified atom stereocenters. The first kappa shape index (κ1) is 14.4. The van der Waals surface area contributed by atoms with E-state index < -0.39 is 0 Å². The molecular weight excluding hydrogens is 192 g/mol. The highest BCUT2D eigenvalue weighted by Gasteiger charge is 2.18. The number of rotatable bonds is 5. The van der Waals surface area contributed by atoms with E-state index in [9.17, 15) is 4.79 Å². The topological polar surface area (TPSA) is 75.3 Å². The zero-order valence-electron chi connectivity index (χ0n) is 10.2.